The zero-order valence-corrected chi connectivity index (χ0v) is 14.4. The molecule has 6 nitrogen and oxygen atoms in total. The van der Waals surface area contributed by atoms with Crippen LogP contribution in [0.4, 0.5) is 5.69 Å². The number of hydrogen-bond acceptors (Lipinski definition) is 3. The van der Waals surface area contributed by atoms with Gasteiger partial charge < -0.3 is 14.6 Å². The number of nitrogens with zero attached hydrogens (tertiary/aromatic N) is 3. The molecular weight excluding hydrogens is 328 g/mol. The molecule has 1 saturated heterocycles. The number of nitrogens with one attached hydrogen (secondary N) is 1. The van der Waals surface area contributed by atoms with Crippen molar-refractivity contribution in [1.29, 1.82) is 0 Å². The fourth-order valence-electron chi connectivity index (χ4n) is 3.31. The molecule has 2 amide bonds. The van der Waals surface area contributed by atoms with Gasteiger partial charge in [0.1, 0.15) is 5.82 Å². The lowest BCUT2D eigenvalue weighted by Crippen LogP contribution is -2.27. The first-order valence-electron chi connectivity index (χ1n) is 8.82. The lowest BCUT2D eigenvalue weighted by Gasteiger charge is -2.16. The molecule has 6 heteroatoms. The van der Waals surface area contributed by atoms with Gasteiger partial charge in [-0.2, -0.15) is 0 Å². The minimum atomic E-state index is -0.139. The summed E-state index contributed by atoms with van der Waals surface area (Å²) >= 11 is 0. The molecule has 0 unspecified atom stereocenters. The molecule has 1 N–H and O–H groups in total. The van der Waals surface area contributed by atoms with Crippen molar-refractivity contribution < 1.29 is 9.59 Å². The van der Waals surface area contributed by atoms with E-state index in [9.17, 15) is 9.59 Å². The molecule has 3 heterocycles. The molecule has 3 aromatic rings. The highest BCUT2D eigenvalue weighted by Crippen LogP contribution is 2.22. The number of carbonyl (C=O) groups is 2. The number of hydrogen-bond donors (Lipinski definition) is 1. The van der Waals surface area contributed by atoms with Crippen LogP contribution in [0.3, 0.4) is 0 Å². The number of carbonyl (C=O) groups excluding carboxylic acids is 2. The van der Waals surface area contributed by atoms with E-state index in [2.05, 4.69) is 10.3 Å². The predicted molar refractivity (Wildman–Crippen MR) is 99.3 cm³/mol. The molecule has 1 aliphatic rings. The van der Waals surface area contributed by atoms with Gasteiger partial charge in [0.15, 0.2) is 0 Å². The maximum Gasteiger partial charge on any atom is 0.251 e. The van der Waals surface area contributed by atoms with Crippen LogP contribution < -0.4 is 10.2 Å². The van der Waals surface area contributed by atoms with Crippen LogP contribution in [-0.4, -0.2) is 34.3 Å². The molecule has 2 aromatic heterocycles. The second-order valence-electron chi connectivity index (χ2n) is 6.38. The van der Waals surface area contributed by atoms with Gasteiger partial charge in [-0.1, -0.05) is 12.1 Å². The van der Waals surface area contributed by atoms with Gasteiger partial charge in [-0.25, -0.2) is 4.98 Å². The number of aromatic nitrogens is 2. The average molecular weight is 348 g/mol. The van der Waals surface area contributed by atoms with Gasteiger partial charge in [0.05, 0.1) is 11.7 Å². The number of amides is 2. The summed E-state index contributed by atoms with van der Waals surface area (Å²) in [5.74, 6) is 0.894. The fourth-order valence-corrected chi connectivity index (χ4v) is 3.31. The second-order valence-corrected chi connectivity index (χ2v) is 6.38. The number of pyridine rings is 1. The average Bonchev–Trinajstić information content (AvgIpc) is 3.28. The molecule has 0 bridgehead atoms. The van der Waals surface area contributed by atoms with Gasteiger partial charge in [0, 0.05) is 43.4 Å². The molecule has 1 aromatic carbocycles. The van der Waals surface area contributed by atoms with E-state index in [1.54, 1.807) is 17.0 Å². The third kappa shape index (κ3) is 3.18. The predicted octanol–water partition coefficient (Wildman–Crippen LogP) is 2.43. The van der Waals surface area contributed by atoms with Crippen LogP contribution >= 0.6 is 0 Å². The SMILES string of the molecule is O=C(NCCc1ncc2ccccn12)c1cccc(N2CCCC2=O)c1. The highest BCUT2D eigenvalue weighted by atomic mass is 16.2. The smallest absolute Gasteiger partial charge is 0.251 e. The third-order valence-electron chi connectivity index (χ3n) is 4.64. The number of benzene rings is 1. The van der Waals surface area contributed by atoms with Crippen LogP contribution in [0.5, 0.6) is 0 Å². The fraction of sp³-hybridized carbons (Fsp3) is 0.250. The lowest BCUT2D eigenvalue weighted by atomic mass is 10.1. The Balaban J connectivity index is 1.40. The Kier molecular flexibility index (Phi) is 4.39. The number of rotatable bonds is 5. The maximum absolute atomic E-state index is 12.4. The molecule has 0 saturated carbocycles. The molecule has 4 rings (SSSR count). The van der Waals surface area contributed by atoms with E-state index in [4.69, 9.17) is 0 Å². The molecule has 0 radical (unpaired) electrons. The van der Waals surface area contributed by atoms with Crippen LogP contribution in [0.2, 0.25) is 0 Å². The minimum absolute atomic E-state index is 0.119. The maximum atomic E-state index is 12.4. The number of anilines is 1. The summed E-state index contributed by atoms with van der Waals surface area (Å²) in [6, 6.07) is 13.2. The summed E-state index contributed by atoms with van der Waals surface area (Å²) in [5.41, 5.74) is 2.39. The van der Waals surface area contributed by atoms with Gasteiger partial charge in [-0.05, 0) is 36.8 Å². The monoisotopic (exact) mass is 348 g/mol. The van der Waals surface area contributed by atoms with E-state index in [0.29, 0.717) is 24.9 Å². The summed E-state index contributed by atoms with van der Waals surface area (Å²) in [4.78, 5) is 30.5. The zero-order chi connectivity index (χ0) is 17.9. The third-order valence-corrected chi connectivity index (χ3v) is 4.64. The van der Waals surface area contributed by atoms with E-state index in [0.717, 1.165) is 30.0 Å². The molecule has 1 fully saturated rings. The van der Waals surface area contributed by atoms with Crippen LogP contribution in [0, 0.1) is 0 Å². The first-order chi connectivity index (χ1) is 12.7. The molecule has 1 aliphatic heterocycles. The van der Waals surface area contributed by atoms with E-state index >= 15 is 0 Å². The Hall–Kier alpha value is -3.15. The Morgan fingerprint density at radius 3 is 2.96 bits per heavy atom. The van der Waals surface area contributed by atoms with Crippen LogP contribution in [0.15, 0.2) is 54.9 Å². The van der Waals surface area contributed by atoms with E-state index < -0.39 is 0 Å². The molecule has 132 valence electrons. The highest BCUT2D eigenvalue weighted by molar-refractivity contribution is 5.99. The van der Waals surface area contributed by atoms with E-state index in [1.165, 1.54) is 0 Å². The van der Waals surface area contributed by atoms with Gasteiger partial charge in [0.25, 0.3) is 5.91 Å². The molecule has 0 spiro atoms. The van der Waals surface area contributed by atoms with Crippen molar-refractivity contribution in [1.82, 2.24) is 14.7 Å². The van der Waals surface area contributed by atoms with E-state index in [-0.39, 0.29) is 11.8 Å². The normalized spacial score (nSPS) is 14.2. The molecule has 0 aliphatic carbocycles. The lowest BCUT2D eigenvalue weighted by molar-refractivity contribution is -0.117. The zero-order valence-electron chi connectivity index (χ0n) is 14.4. The van der Waals surface area contributed by atoms with Crippen molar-refractivity contribution in [3.8, 4) is 0 Å². The Morgan fingerprint density at radius 1 is 1.19 bits per heavy atom. The largest absolute Gasteiger partial charge is 0.352 e. The standard InChI is InChI=1S/C20H20N4O2/c25-19-8-4-12-24(19)16-7-3-5-15(13-16)20(26)21-10-9-18-22-14-17-6-1-2-11-23(17)18/h1-3,5-7,11,13-14H,4,8-10,12H2,(H,21,26). The summed E-state index contributed by atoms with van der Waals surface area (Å²) in [5, 5.41) is 2.94. The van der Waals surface area contributed by atoms with Crippen molar-refractivity contribution in [2.24, 2.45) is 0 Å². The quantitative estimate of drug-likeness (QED) is 0.770. The van der Waals surface area contributed by atoms with Gasteiger partial charge >= 0.3 is 0 Å². The Bertz CT molecular complexity index is 963. The summed E-state index contributed by atoms with van der Waals surface area (Å²) in [7, 11) is 0. The van der Waals surface area contributed by atoms with Crippen molar-refractivity contribution in [2.45, 2.75) is 19.3 Å². The van der Waals surface area contributed by atoms with E-state index in [1.807, 2.05) is 47.1 Å². The number of imidazole rings is 1. The summed E-state index contributed by atoms with van der Waals surface area (Å²) in [6.07, 6.45) is 5.89. The Labute approximate surface area is 151 Å². The van der Waals surface area contributed by atoms with Crippen molar-refractivity contribution in [2.75, 3.05) is 18.0 Å². The number of fused-ring (bicyclic) bond motifs is 1. The van der Waals surface area contributed by atoms with Crippen LogP contribution in [0.1, 0.15) is 29.0 Å². The van der Waals surface area contributed by atoms with Gasteiger partial charge in [-0.3, -0.25) is 9.59 Å². The summed E-state index contributed by atoms with van der Waals surface area (Å²) < 4.78 is 2.02. The first-order valence-corrected chi connectivity index (χ1v) is 8.82. The second kappa shape index (κ2) is 7.00. The molecule has 0 atom stereocenters. The summed E-state index contributed by atoms with van der Waals surface area (Å²) in [6.45, 7) is 1.22. The highest BCUT2D eigenvalue weighted by Gasteiger charge is 2.22. The topological polar surface area (TPSA) is 66.7 Å². The van der Waals surface area contributed by atoms with Crippen LogP contribution in [0.25, 0.3) is 5.52 Å². The molecule has 26 heavy (non-hydrogen) atoms. The van der Waals surface area contributed by atoms with Crippen molar-refractivity contribution >= 4 is 23.0 Å². The van der Waals surface area contributed by atoms with Gasteiger partial charge in [-0.15, -0.1) is 0 Å². The van der Waals surface area contributed by atoms with Gasteiger partial charge in [0.2, 0.25) is 5.91 Å². The van der Waals surface area contributed by atoms with Crippen molar-refractivity contribution in [3.05, 3.63) is 66.2 Å². The first kappa shape index (κ1) is 16.3. The Morgan fingerprint density at radius 2 is 2.12 bits per heavy atom. The van der Waals surface area contributed by atoms with Crippen molar-refractivity contribution in [3.63, 3.8) is 0 Å². The minimum Gasteiger partial charge on any atom is -0.352 e. The molecular formula is C20H20N4O2. The van der Waals surface area contributed by atoms with Crippen LogP contribution in [-0.2, 0) is 11.2 Å².